The lowest BCUT2D eigenvalue weighted by molar-refractivity contribution is 0.145. The fourth-order valence-corrected chi connectivity index (χ4v) is 2.46. The number of aromatic nitrogens is 1. The first-order chi connectivity index (χ1) is 9.63. The van der Waals surface area contributed by atoms with Crippen molar-refractivity contribution in [1.29, 1.82) is 0 Å². The third-order valence-corrected chi connectivity index (χ3v) is 3.85. The molecule has 0 aliphatic carbocycles. The maximum Gasteiger partial charge on any atom is 0.0802 e. The van der Waals surface area contributed by atoms with Crippen LogP contribution in [-0.2, 0) is 0 Å². The zero-order chi connectivity index (χ0) is 14.5. The second-order valence-corrected chi connectivity index (χ2v) is 5.24. The summed E-state index contributed by atoms with van der Waals surface area (Å²) in [4.78, 5) is 6.82. The molecule has 1 aromatic carbocycles. The van der Waals surface area contributed by atoms with Crippen LogP contribution in [-0.4, -0.2) is 34.6 Å². The Kier molecular flexibility index (Phi) is 5.10. The van der Waals surface area contributed by atoms with Crippen LogP contribution < -0.4 is 0 Å². The third-order valence-electron chi connectivity index (χ3n) is 3.85. The minimum Gasteiger partial charge on any atom is -0.388 e. The molecule has 1 N–H and O–H groups in total. The Hall–Kier alpha value is -1.45. The van der Waals surface area contributed by atoms with Crippen molar-refractivity contribution < 1.29 is 5.11 Å². The van der Waals surface area contributed by atoms with E-state index in [2.05, 4.69) is 35.9 Å². The zero-order valence-electron chi connectivity index (χ0n) is 12.6. The monoisotopic (exact) mass is 272 g/mol. The molecule has 3 heteroatoms. The summed E-state index contributed by atoms with van der Waals surface area (Å²) >= 11 is 0. The molecule has 0 saturated carbocycles. The second kappa shape index (κ2) is 6.82. The first-order valence-corrected chi connectivity index (χ1v) is 7.41. The van der Waals surface area contributed by atoms with Crippen LogP contribution >= 0.6 is 0 Å². The number of nitrogens with zero attached hydrogens (tertiary/aromatic N) is 2. The van der Waals surface area contributed by atoms with Crippen LogP contribution in [0.1, 0.15) is 37.6 Å². The predicted molar refractivity (Wildman–Crippen MR) is 83.8 cm³/mol. The molecule has 0 fully saturated rings. The molecule has 2 rings (SSSR count). The van der Waals surface area contributed by atoms with Crippen LogP contribution in [0.2, 0.25) is 0 Å². The van der Waals surface area contributed by atoms with Crippen LogP contribution in [0.5, 0.6) is 0 Å². The van der Waals surface area contributed by atoms with E-state index in [1.54, 1.807) is 0 Å². The molecule has 0 aliphatic heterocycles. The molecule has 2 aromatic rings. The number of aliphatic hydroxyl groups is 1. The Bertz CT molecular complexity index is 564. The molecule has 0 spiro atoms. The molecule has 1 atom stereocenters. The van der Waals surface area contributed by atoms with Gasteiger partial charge in [0.25, 0.3) is 0 Å². The van der Waals surface area contributed by atoms with E-state index in [-0.39, 0.29) is 0 Å². The van der Waals surface area contributed by atoms with E-state index < -0.39 is 6.10 Å². The Morgan fingerprint density at radius 2 is 1.90 bits per heavy atom. The zero-order valence-corrected chi connectivity index (χ0v) is 12.6. The number of aryl methyl sites for hydroxylation is 1. The molecular formula is C17H24N2O. The van der Waals surface area contributed by atoms with Crippen molar-refractivity contribution in [3.63, 3.8) is 0 Å². The molecule has 0 aliphatic rings. The van der Waals surface area contributed by atoms with Crippen molar-refractivity contribution >= 4 is 10.9 Å². The van der Waals surface area contributed by atoms with Crippen molar-refractivity contribution in [2.24, 2.45) is 0 Å². The molecule has 0 amide bonds. The number of aliphatic hydroxyl groups excluding tert-OH is 1. The predicted octanol–water partition coefficient (Wildman–Crippen LogP) is 3.31. The van der Waals surface area contributed by atoms with Crippen molar-refractivity contribution in [1.82, 2.24) is 9.88 Å². The largest absolute Gasteiger partial charge is 0.388 e. The highest BCUT2D eigenvalue weighted by Crippen LogP contribution is 2.22. The van der Waals surface area contributed by atoms with Gasteiger partial charge in [0, 0.05) is 17.6 Å². The Morgan fingerprint density at radius 3 is 2.60 bits per heavy atom. The van der Waals surface area contributed by atoms with Gasteiger partial charge in [-0.05, 0) is 50.2 Å². The van der Waals surface area contributed by atoms with E-state index in [1.807, 2.05) is 25.1 Å². The molecule has 108 valence electrons. The van der Waals surface area contributed by atoms with Gasteiger partial charge in [-0.3, -0.25) is 4.98 Å². The van der Waals surface area contributed by atoms with E-state index in [0.29, 0.717) is 0 Å². The third kappa shape index (κ3) is 3.56. The molecular weight excluding hydrogens is 248 g/mol. The van der Waals surface area contributed by atoms with Gasteiger partial charge in [-0.25, -0.2) is 0 Å². The van der Waals surface area contributed by atoms with Gasteiger partial charge in [0.05, 0.1) is 11.6 Å². The van der Waals surface area contributed by atoms with Crippen LogP contribution in [0.3, 0.4) is 0 Å². The van der Waals surface area contributed by atoms with Crippen molar-refractivity contribution in [3.05, 3.63) is 41.6 Å². The van der Waals surface area contributed by atoms with E-state index in [4.69, 9.17) is 0 Å². The van der Waals surface area contributed by atoms with Crippen molar-refractivity contribution in [2.45, 2.75) is 33.3 Å². The van der Waals surface area contributed by atoms with Gasteiger partial charge in [0.2, 0.25) is 0 Å². The van der Waals surface area contributed by atoms with Crippen molar-refractivity contribution in [3.8, 4) is 0 Å². The van der Waals surface area contributed by atoms with Crippen LogP contribution in [0.15, 0.2) is 30.3 Å². The molecule has 1 aromatic heterocycles. The number of hydrogen-bond donors (Lipinski definition) is 1. The number of pyridine rings is 1. The number of benzene rings is 1. The number of hydrogen-bond acceptors (Lipinski definition) is 3. The summed E-state index contributed by atoms with van der Waals surface area (Å²) in [6.45, 7) is 9.29. The van der Waals surface area contributed by atoms with E-state index >= 15 is 0 Å². The smallest absolute Gasteiger partial charge is 0.0802 e. The quantitative estimate of drug-likeness (QED) is 0.876. The van der Waals surface area contributed by atoms with Gasteiger partial charge in [-0.2, -0.15) is 0 Å². The minimum atomic E-state index is -0.402. The molecule has 3 nitrogen and oxygen atoms in total. The van der Waals surface area contributed by atoms with Gasteiger partial charge in [-0.1, -0.05) is 26.0 Å². The van der Waals surface area contributed by atoms with Gasteiger partial charge in [0.1, 0.15) is 0 Å². The normalized spacial score (nSPS) is 13.1. The summed E-state index contributed by atoms with van der Waals surface area (Å²) in [6, 6.07) is 10.1. The van der Waals surface area contributed by atoms with Gasteiger partial charge < -0.3 is 10.0 Å². The maximum atomic E-state index is 10.3. The van der Waals surface area contributed by atoms with Gasteiger partial charge >= 0.3 is 0 Å². The summed E-state index contributed by atoms with van der Waals surface area (Å²) in [5.41, 5.74) is 2.99. The fourth-order valence-electron chi connectivity index (χ4n) is 2.46. The van der Waals surface area contributed by atoms with E-state index in [0.717, 1.165) is 48.2 Å². The highest BCUT2D eigenvalue weighted by molar-refractivity contribution is 5.79. The van der Waals surface area contributed by atoms with E-state index in [9.17, 15) is 5.11 Å². The lowest BCUT2D eigenvalue weighted by Gasteiger charge is -2.20. The maximum absolute atomic E-state index is 10.3. The van der Waals surface area contributed by atoms with E-state index in [1.165, 1.54) is 0 Å². The Labute approximate surface area is 121 Å². The molecule has 0 radical (unpaired) electrons. The first-order valence-electron chi connectivity index (χ1n) is 7.41. The Morgan fingerprint density at radius 1 is 1.15 bits per heavy atom. The first kappa shape index (κ1) is 14.9. The summed E-state index contributed by atoms with van der Waals surface area (Å²) in [5, 5.41) is 11.4. The van der Waals surface area contributed by atoms with Gasteiger partial charge in [-0.15, -0.1) is 0 Å². The van der Waals surface area contributed by atoms with Crippen LogP contribution in [0, 0.1) is 6.92 Å². The van der Waals surface area contributed by atoms with Crippen LogP contribution in [0.25, 0.3) is 10.9 Å². The van der Waals surface area contributed by atoms with Crippen molar-refractivity contribution in [2.75, 3.05) is 19.6 Å². The van der Waals surface area contributed by atoms with Gasteiger partial charge in [0.15, 0.2) is 0 Å². The number of rotatable bonds is 6. The minimum absolute atomic E-state index is 0.402. The van der Waals surface area contributed by atoms with Crippen LogP contribution in [0.4, 0.5) is 0 Å². The lowest BCUT2D eigenvalue weighted by atomic mass is 10.0. The standard InChI is InChI=1S/C17H24N2O/c1-4-19(5-2)11-10-17(20)15-8-9-16-14(12-15)7-6-13(3)18-16/h6-9,12,17,20H,4-5,10-11H2,1-3H3. The summed E-state index contributed by atoms with van der Waals surface area (Å²) in [5.74, 6) is 0. The highest BCUT2D eigenvalue weighted by Gasteiger charge is 2.10. The summed E-state index contributed by atoms with van der Waals surface area (Å²) in [6.07, 6.45) is 0.369. The topological polar surface area (TPSA) is 36.4 Å². The Balaban J connectivity index is 2.10. The molecule has 0 bridgehead atoms. The summed E-state index contributed by atoms with van der Waals surface area (Å²) in [7, 11) is 0. The molecule has 1 heterocycles. The second-order valence-electron chi connectivity index (χ2n) is 5.24. The summed E-state index contributed by atoms with van der Waals surface area (Å²) < 4.78 is 0. The average Bonchev–Trinajstić information content (AvgIpc) is 2.47. The molecule has 1 unspecified atom stereocenters. The highest BCUT2D eigenvalue weighted by atomic mass is 16.3. The number of fused-ring (bicyclic) bond motifs is 1. The molecule has 20 heavy (non-hydrogen) atoms. The average molecular weight is 272 g/mol. The lowest BCUT2D eigenvalue weighted by Crippen LogP contribution is -2.25. The SMILES string of the molecule is CCN(CC)CCC(O)c1ccc2nc(C)ccc2c1. The molecule has 0 saturated heterocycles. The fraction of sp³-hybridized carbons (Fsp3) is 0.471.